The lowest BCUT2D eigenvalue weighted by atomic mass is 9.85. The average molecular weight is 318 g/mol. The molecule has 3 saturated heterocycles. The van der Waals surface area contributed by atoms with Gasteiger partial charge in [0.2, 0.25) is 0 Å². The van der Waals surface area contributed by atoms with E-state index in [4.69, 9.17) is 14.2 Å². The summed E-state index contributed by atoms with van der Waals surface area (Å²) in [5.41, 5.74) is 2.85. The van der Waals surface area contributed by atoms with Gasteiger partial charge in [0, 0.05) is 0 Å². The third-order valence-corrected chi connectivity index (χ3v) is 6.56. The van der Waals surface area contributed by atoms with Gasteiger partial charge in [-0.2, -0.15) is 0 Å². The van der Waals surface area contributed by atoms with Crippen molar-refractivity contribution in [2.45, 2.75) is 95.2 Å². The molecule has 0 radical (unpaired) electrons. The first-order chi connectivity index (χ1) is 10.9. The summed E-state index contributed by atoms with van der Waals surface area (Å²) < 4.78 is 18.3. The largest absolute Gasteiger partial charge is 0.368 e. The normalized spacial score (nSPS) is 49.9. The first-order valence-electron chi connectivity index (χ1n) is 9.19. The molecule has 4 rings (SSSR count). The fraction of sp³-hybridized carbons (Fsp3) is 0.800. The van der Waals surface area contributed by atoms with Gasteiger partial charge in [-0.1, -0.05) is 23.3 Å². The van der Waals surface area contributed by atoms with Gasteiger partial charge in [-0.25, -0.2) is 0 Å². The number of epoxide rings is 2. The van der Waals surface area contributed by atoms with Crippen molar-refractivity contribution in [3.63, 3.8) is 0 Å². The molecule has 3 aliphatic heterocycles. The van der Waals surface area contributed by atoms with E-state index in [1.54, 1.807) is 0 Å². The first kappa shape index (κ1) is 15.9. The predicted molar refractivity (Wildman–Crippen MR) is 90.5 cm³/mol. The van der Waals surface area contributed by atoms with E-state index in [2.05, 4.69) is 39.8 Å². The molecule has 3 nitrogen and oxygen atoms in total. The Kier molecular flexibility index (Phi) is 3.57. The van der Waals surface area contributed by atoms with Crippen LogP contribution in [0, 0.1) is 0 Å². The molecule has 0 bridgehead atoms. The summed E-state index contributed by atoms with van der Waals surface area (Å²) in [4.78, 5) is 0. The van der Waals surface area contributed by atoms with Crippen molar-refractivity contribution >= 4 is 0 Å². The second-order valence-electron chi connectivity index (χ2n) is 8.51. The highest BCUT2D eigenvalue weighted by atomic mass is 16.7. The van der Waals surface area contributed by atoms with E-state index < -0.39 is 0 Å². The van der Waals surface area contributed by atoms with E-state index in [1.807, 2.05) is 0 Å². The van der Waals surface area contributed by atoms with Crippen LogP contribution in [0.3, 0.4) is 0 Å². The van der Waals surface area contributed by atoms with Crippen LogP contribution in [-0.2, 0) is 14.2 Å². The molecule has 0 aromatic rings. The zero-order valence-corrected chi connectivity index (χ0v) is 15.0. The maximum atomic E-state index is 6.21. The molecule has 0 saturated carbocycles. The van der Waals surface area contributed by atoms with Gasteiger partial charge in [0.25, 0.3) is 0 Å². The molecule has 5 unspecified atom stereocenters. The van der Waals surface area contributed by atoms with Gasteiger partial charge in [0.05, 0.1) is 18.3 Å². The predicted octanol–water partition coefficient (Wildman–Crippen LogP) is 4.32. The fourth-order valence-electron chi connectivity index (χ4n) is 4.58. The molecular formula is C20H30O3. The Morgan fingerprint density at radius 2 is 1.91 bits per heavy atom. The molecule has 0 aromatic heterocycles. The van der Waals surface area contributed by atoms with Crippen LogP contribution in [0.15, 0.2) is 23.3 Å². The van der Waals surface area contributed by atoms with Gasteiger partial charge in [-0.3, -0.25) is 0 Å². The summed E-state index contributed by atoms with van der Waals surface area (Å²) in [6.07, 6.45) is 11.9. The van der Waals surface area contributed by atoms with E-state index in [1.165, 1.54) is 11.1 Å². The SMILES string of the molecule is CC1=CC2OCC3(C)OC23CCC(C)=CCCC2(C)OC2CC1. The van der Waals surface area contributed by atoms with E-state index >= 15 is 0 Å². The molecule has 4 aliphatic rings. The number of hydrogen-bond donors (Lipinski definition) is 0. The lowest BCUT2D eigenvalue weighted by Crippen LogP contribution is -2.29. The Balaban J connectivity index is 1.55. The standard InChI is InChI=1S/C20H30O3/c1-14-6-5-10-18(3)16(22-18)8-7-15(2)12-17-20(11-9-14)19(4,23-20)13-21-17/h6,12,16-17H,5,7-11,13H2,1-4H3. The van der Waals surface area contributed by atoms with Gasteiger partial charge >= 0.3 is 0 Å². The van der Waals surface area contributed by atoms with Crippen molar-refractivity contribution in [1.29, 1.82) is 0 Å². The van der Waals surface area contributed by atoms with Crippen molar-refractivity contribution < 1.29 is 14.2 Å². The van der Waals surface area contributed by atoms with E-state index in [0.717, 1.165) is 45.1 Å². The van der Waals surface area contributed by atoms with Crippen LogP contribution in [-0.4, -0.2) is 35.6 Å². The van der Waals surface area contributed by atoms with Crippen molar-refractivity contribution in [1.82, 2.24) is 0 Å². The van der Waals surface area contributed by atoms with E-state index in [-0.39, 0.29) is 22.9 Å². The monoisotopic (exact) mass is 318 g/mol. The second kappa shape index (κ2) is 5.18. The Morgan fingerprint density at radius 3 is 2.70 bits per heavy atom. The second-order valence-corrected chi connectivity index (χ2v) is 8.51. The number of hydrogen-bond acceptors (Lipinski definition) is 3. The van der Waals surface area contributed by atoms with Crippen LogP contribution < -0.4 is 0 Å². The minimum atomic E-state index is -0.0852. The van der Waals surface area contributed by atoms with Crippen molar-refractivity contribution in [2.75, 3.05) is 6.61 Å². The lowest BCUT2D eigenvalue weighted by molar-refractivity contribution is 0.00903. The Morgan fingerprint density at radius 1 is 1.09 bits per heavy atom. The van der Waals surface area contributed by atoms with Crippen LogP contribution in [0.4, 0.5) is 0 Å². The summed E-state index contributed by atoms with van der Waals surface area (Å²) in [5.74, 6) is 0. The molecule has 0 aromatic carbocycles. The number of allylic oxidation sites excluding steroid dienone is 3. The fourth-order valence-corrected chi connectivity index (χ4v) is 4.58. The maximum absolute atomic E-state index is 6.21. The molecule has 0 amide bonds. The molecule has 128 valence electrons. The molecule has 3 heteroatoms. The smallest absolute Gasteiger partial charge is 0.130 e. The maximum Gasteiger partial charge on any atom is 0.130 e. The zero-order valence-electron chi connectivity index (χ0n) is 15.0. The van der Waals surface area contributed by atoms with Crippen molar-refractivity contribution in [3.8, 4) is 0 Å². The van der Waals surface area contributed by atoms with E-state index in [9.17, 15) is 0 Å². The highest BCUT2D eigenvalue weighted by molar-refractivity contribution is 5.28. The van der Waals surface area contributed by atoms with Crippen LogP contribution in [0.5, 0.6) is 0 Å². The number of ether oxygens (including phenoxy) is 3. The quantitative estimate of drug-likeness (QED) is 0.493. The minimum Gasteiger partial charge on any atom is -0.368 e. The van der Waals surface area contributed by atoms with E-state index in [0.29, 0.717) is 6.10 Å². The van der Waals surface area contributed by atoms with Crippen LogP contribution in [0.25, 0.3) is 0 Å². The molecular weight excluding hydrogens is 288 g/mol. The van der Waals surface area contributed by atoms with Crippen molar-refractivity contribution in [2.24, 2.45) is 0 Å². The topological polar surface area (TPSA) is 34.3 Å². The Labute approximate surface area is 140 Å². The van der Waals surface area contributed by atoms with Gasteiger partial charge in [-0.15, -0.1) is 0 Å². The number of fused-ring (bicyclic) bond motifs is 1. The molecule has 5 atom stereocenters. The van der Waals surface area contributed by atoms with Crippen LogP contribution in [0.1, 0.15) is 66.2 Å². The Bertz CT molecular complexity index is 565. The van der Waals surface area contributed by atoms with Crippen LogP contribution >= 0.6 is 0 Å². The summed E-state index contributed by atoms with van der Waals surface area (Å²) in [5, 5.41) is 0. The molecule has 1 spiro atoms. The minimum absolute atomic E-state index is 0.0655. The van der Waals surface area contributed by atoms with Gasteiger partial charge in [0.1, 0.15) is 17.3 Å². The van der Waals surface area contributed by atoms with Gasteiger partial charge in [-0.05, 0) is 66.2 Å². The highest BCUT2D eigenvalue weighted by Crippen LogP contribution is 2.59. The molecule has 3 heterocycles. The van der Waals surface area contributed by atoms with Gasteiger partial charge in [0.15, 0.2) is 0 Å². The summed E-state index contributed by atoms with van der Waals surface area (Å²) >= 11 is 0. The highest BCUT2D eigenvalue weighted by Gasteiger charge is 2.74. The molecule has 0 N–H and O–H groups in total. The number of rotatable bonds is 0. The molecule has 1 aliphatic carbocycles. The lowest BCUT2D eigenvalue weighted by Gasteiger charge is -2.19. The average Bonchev–Trinajstić information content (AvgIpc) is 3.30. The van der Waals surface area contributed by atoms with Crippen molar-refractivity contribution in [3.05, 3.63) is 23.3 Å². The zero-order chi connectivity index (χ0) is 16.3. The molecule has 3 fully saturated rings. The first-order valence-corrected chi connectivity index (χ1v) is 9.19. The van der Waals surface area contributed by atoms with Crippen LogP contribution in [0.2, 0.25) is 0 Å². The summed E-state index contributed by atoms with van der Waals surface area (Å²) in [7, 11) is 0. The molecule has 23 heavy (non-hydrogen) atoms. The Hall–Kier alpha value is -0.640. The third-order valence-electron chi connectivity index (χ3n) is 6.56. The summed E-state index contributed by atoms with van der Waals surface area (Å²) in [6.45, 7) is 9.69. The van der Waals surface area contributed by atoms with Gasteiger partial charge < -0.3 is 14.2 Å². The summed E-state index contributed by atoms with van der Waals surface area (Å²) in [6, 6.07) is 0. The third kappa shape index (κ3) is 2.61.